The molecule has 0 aliphatic heterocycles. The summed E-state index contributed by atoms with van der Waals surface area (Å²) in [6.07, 6.45) is 2.00. The summed E-state index contributed by atoms with van der Waals surface area (Å²) in [5, 5.41) is 6.60. The highest BCUT2D eigenvalue weighted by Gasteiger charge is 2.17. The second kappa shape index (κ2) is 7.60. The van der Waals surface area contributed by atoms with Crippen LogP contribution in [0.1, 0.15) is 35.9 Å². The first kappa shape index (κ1) is 16.0. The Hall–Kier alpha value is -0.350. The minimum Gasteiger partial charge on any atom is -0.309 e. The van der Waals surface area contributed by atoms with E-state index in [4.69, 9.17) is 11.6 Å². The molecule has 1 unspecified atom stereocenters. The van der Waals surface area contributed by atoms with E-state index in [-0.39, 0.29) is 0 Å². The molecule has 1 heterocycles. The molecule has 1 aromatic heterocycles. The molecule has 2 aromatic rings. The van der Waals surface area contributed by atoms with Crippen LogP contribution in [0.15, 0.2) is 34.1 Å². The van der Waals surface area contributed by atoms with E-state index in [1.165, 1.54) is 16.0 Å². The number of nitrogens with one attached hydrogen (secondary N) is 1. The Morgan fingerprint density at radius 1 is 1.25 bits per heavy atom. The average molecular weight is 373 g/mol. The molecule has 20 heavy (non-hydrogen) atoms. The van der Waals surface area contributed by atoms with Gasteiger partial charge in [0.1, 0.15) is 0 Å². The molecule has 0 saturated heterocycles. The first-order valence-electron chi connectivity index (χ1n) is 6.89. The van der Waals surface area contributed by atoms with Crippen molar-refractivity contribution < 1.29 is 0 Å². The number of halogens is 2. The molecule has 108 valence electrons. The highest BCUT2D eigenvalue weighted by Crippen LogP contribution is 2.30. The van der Waals surface area contributed by atoms with E-state index in [1.54, 1.807) is 0 Å². The smallest absolute Gasteiger partial charge is 0.0458 e. The molecule has 0 radical (unpaired) electrons. The van der Waals surface area contributed by atoms with Gasteiger partial charge in [0.05, 0.1) is 0 Å². The normalized spacial score (nSPS) is 12.6. The fraction of sp³-hybridized carbons (Fsp3) is 0.375. The van der Waals surface area contributed by atoms with Crippen LogP contribution in [0, 0.1) is 0 Å². The van der Waals surface area contributed by atoms with Crippen LogP contribution in [0.2, 0.25) is 5.02 Å². The Bertz CT molecular complexity index is 567. The van der Waals surface area contributed by atoms with Gasteiger partial charge in [-0.1, -0.05) is 47.4 Å². The number of thiophene rings is 1. The molecule has 1 atom stereocenters. The molecule has 0 spiro atoms. The largest absolute Gasteiger partial charge is 0.309 e. The van der Waals surface area contributed by atoms with Gasteiger partial charge in [-0.2, -0.15) is 0 Å². The maximum absolute atomic E-state index is 6.35. The van der Waals surface area contributed by atoms with Gasteiger partial charge >= 0.3 is 0 Å². The zero-order valence-corrected chi connectivity index (χ0v) is 14.9. The lowest BCUT2D eigenvalue weighted by atomic mass is 10.0. The van der Waals surface area contributed by atoms with E-state index in [0.29, 0.717) is 6.04 Å². The van der Waals surface area contributed by atoms with Crippen LogP contribution in [-0.4, -0.2) is 6.54 Å². The van der Waals surface area contributed by atoms with E-state index in [9.17, 15) is 0 Å². The van der Waals surface area contributed by atoms with Crippen molar-refractivity contribution in [3.8, 4) is 0 Å². The van der Waals surface area contributed by atoms with Crippen molar-refractivity contribution in [2.75, 3.05) is 6.54 Å². The van der Waals surface area contributed by atoms with E-state index in [0.717, 1.165) is 28.9 Å². The summed E-state index contributed by atoms with van der Waals surface area (Å²) in [7, 11) is 0. The van der Waals surface area contributed by atoms with Crippen LogP contribution in [0.4, 0.5) is 0 Å². The molecule has 2 rings (SSSR count). The molecule has 4 heteroatoms. The van der Waals surface area contributed by atoms with Crippen molar-refractivity contribution in [1.82, 2.24) is 5.32 Å². The average Bonchev–Trinajstić information content (AvgIpc) is 2.89. The molecular weight excluding hydrogens is 354 g/mol. The van der Waals surface area contributed by atoms with E-state index < -0.39 is 0 Å². The lowest BCUT2D eigenvalue weighted by Gasteiger charge is -2.19. The SMILES string of the molecule is CCNC(Cc1ccc(Br)cc1Cl)c1sccc1CC. The summed E-state index contributed by atoms with van der Waals surface area (Å²) >= 11 is 11.6. The van der Waals surface area contributed by atoms with Gasteiger partial charge in [-0.15, -0.1) is 11.3 Å². The highest BCUT2D eigenvalue weighted by atomic mass is 79.9. The highest BCUT2D eigenvalue weighted by molar-refractivity contribution is 9.10. The van der Waals surface area contributed by atoms with Gasteiger partial charge in [-0.3, -0.25) is 0 Å². The monoisotopic (exact) mass is 371 g/mol. The topological polar surface area (TPSA) is 12.0 Å². The maximum atomic E-state index is 6.35. The number of hydrogen-bond acceptors (Lipinski definition) is 2. The molecule has 1 nitrogen and oxygen atoms in total. The molecule has 0 saturated carbocycles. The summed E-state index contributed by atoms with van der Waals surface area (Å²) in [4.78, 5) is 1.44. The molecule has 1 N–H and O–H groups in total. The number of hydrogen-bond donors (Lipinski definition) is 1. The van der Waals surface area contributed by atoms with Crippen LogP contribution < -0.4 is 5.32 Å². The number of rotatable bonds is 6. The van der Waals surface area contributed by atoms with E-state index in [2.05, 4.69) is 58.7 Å². The lowest BCUT2D eigenvalue weighted by molar-refractivity contribution is 0.555. The summed E-state index contributed by atoms with van der Waals surface area (Å²) in [6, 6.07) is 8.70. The van der Waals surface area contributed by atoms with Gasteiger partial charge < -0.3 is 5.32 Å². The molecule has 0 bridgehead atoms. The molecule has 0 amide bonds. The van der Waals surface area contributed by atoms with Crippen LogP contribution >= 0.6 is 38.9 Å². The quantitative estimate of drug-likeness (QED) is 0.694. The third kappa shape index (κ3) is 3.85. The number of likely N-dealkylation sites (N-methyl/N-ethyl adjacent to an activating group) is 1. The Balaban J connectivity index is 2.25. The molecule has 0 fully saturated rings. The van der Waals surface area contributed by atoms with Crippen molar-refractivity contribution in [2.24, 2.45) is 0 Å². The van der Waals surface area contributed by atoms with Gasteiger partial charge in [0.2, 0.25) is 0 Å². The molecule has 1 aromatic carbocycles. The van der Waals surface area contributed by atoms with Crippen LogP contribution in [0.5, 0.6) is 0 Å². The van der Waals surface area contributed by atoms with Gasteiger partial charge in [0, 0.05) is 20.4 Å². The zero-order valence-electron chi connectivity index (χ0n) is 11.7. The van der Waals surface area contributed by atoms with Gasteiger partial charge in [0.15, 0.2) is 0 Å². The minimum absolute atomic E-state index is 0.341. The third-order valence-electron chi connectivity index (χ3n) is 3.37. The van der Waals surface area contributed by atoms with Crippen molar-refractivity contribution >= 4 is 38.9 Å². The zero-order chi connectivity index (χ0) is 14.5. The molecule has 0 aliphatic carbocycles. The second-order valence-electron chi connectivity index (χ2n) is 4.71. The predicted molar refractivity (Wildman–Crippen MR) is 93.0 cm³/mol. The Morgan fingerprint density at radius 3 is 2.70 bits per heavy atom. The third-order valence-corrected chi connectivity index (χ3v) is 5.29. The van der Waals surface area contributed by atoms with Crippen molar-refractivity contribution in [3.05, 3.63) is 55.1 Å². The number of aryl methyl sites for hydroxylation is 1. The van der Waals surface area contributed by atoms with Crippen LogP contribution in [-0.2, 0) is 12.8 Å². The first-order valence-corrected chi connectivity index (χ1v) is 8.94. The van der Waals surface area contributed by atoms with Gasteiger partial charge in [-0.05, 0) is 54.1 Å². The van der Waals surface area contributed by atoms with Crippen LogP contribution in [0.3, 0.4) is 0 Å². The number of benzene rings is 1. The van der Waals surface area contributed by atoms with Gasteiger partial charge in [-0.25, -0.2) is 0 Å². The summed E-state index contributed by atoms with van der Waals surface area (Å²) in [6.45, 7) is 5.32. The fourth-order valence-electron chi connectivity index (χ4n) is 2.36. The Morgan fingerprint density at radius 2 is 2.05 bits per heavy atom. The van der Waals surface area contributed by atoms with Crippen molar-refractivity contribution in [2.45, 2.75) is 32.7 Å². The lowest BCUT2D eigenvalue weighted by Crippen LogP contribution is -2.23. The maximum Gasteiger partial charge on any atom is 0.0458 e. The Kier molecular flexibility index (Phi) is 6.09. The fourth-order valence-corrected chi connectivity index (χ4v) is 4.18. The van der Waals surface area contributed by atoms with E-state index in [1.807, 2.05) is 17.4 Å². The molecular formula is C16H19BrClNS. The predicted octanol–water partition coefficient (Wildman–Crippen LogP) is 5.62. The van der Waals surface area contributed by atoms with Crippen molar-refractivity contribution in [3.63, 3.8) is 0 Å². The summed E-state index contributed by atoms with van der Waals surface area (Å²) < 4.78 is 1.02. The second-order valence-corrected chi connectivity index (χ2v) is 6.98. The summed E-state index contributed by atoms with van der Waals surface area (Å²) in [5.41, 5.74) is 2.63. The van der Waals surface area contributed by atoms with E-state index >= 15 is 0 Å². The standard InChI is InChI=1S/C16H19BrClNS/c1-3-11-7-8-20-16(11)15(19-4-2)9-12-5-6-13(17)10-14(12)18/h5-8,10,15,19H,3-4,9H2,1-2H3. The minimum atomic E-state index is 0.341. The first-order chi connectivity index (χ1) is 9.65. The Labute approximate surface area is 138 Å². The van der Waals surface area contributed by atoms with Crippen molar-refractivity contribution in [1.29, 1.82) is 0 Å². The molecule has 0 aliphatic rings. The summed E-state index contributed by atoms with van der Waals surface area (Å²) in [5.74, 6) is 0. The van der Waals surface area contributed by atoms with Crippen LogP contribution in [0.25, 0.3) is 0 Å². The van der Waals surface area contributed by atoms with Gasteiger partial charge in [0.25, 0.3) is 0 Å².